The summed E-state index contributed by atoms with van der Waals surface area (Å²) in [5.41, 5.74) is 3.11. The molecule has 0 bridgehead atoms. The lowest BCUT2D eigenvalue weighted by Gasteiger charge is -2.17. The van der Waals surface area contributed by atoms with Crippen LogP contribution in [0.1, 0.15) is 26.4 Å². The van der Waals surface area contributed by atoms with E-state index in [-0.39, 0.29) is 18.2 Å². The van der Waals surface area contributed by atoms with Crippen molar-refractivity contribution in [2.45, 2.75) is 13.7 Å². The summed E-state index contributed by atoms with van der Waals surface area (Å²) in [6, 6.07) is 12.5. The van der Waals surface area contributed by atoms with Crippen molar-refractivity contribution in [1.82, 2.24) is 19.9 Å². The number of rotatable bonds is 7. The van der Waals surface area contributed by atoms with Gasteiger partial charge in [-0.25, -0.2) is 9.78 Å². The number of nitrogens with one attached hydrogen (secondary N) is 2. The van der Waals surface area contributed by atoms with Crippen molar-refractivity contribution in [2.75, 3.05) is 19.5 Å². The van der Waals surface area contributed by atoms with E-state index in [1.807, 2.05) is 24.3 Å². The van der Waals surface area contributed by atoms with Gasteiger partial charge in [0.15, 0.2) is 6.73 Å². The molecule has 4 aromatic rings. The van der Waals surface area contributed by atoms with Crippen molar-refractivity contribution in [1.29, 1.82) is 0 Å². The molecule has 0 unspecified atom stereocenters. The molecular weight excluding hydrogens is 422 g/mol. The van der Waals surface area contributed by atoms with Crippen LogP contribution in [-0.2, 0) is 11.5 Å². The number of benzene rings is 2. The van der Waals surface area contributed by atoms with Crippen LogP contribution in [0.2, 0.25) is 0 Å². The number of carbonyl (C=O) groups is 2. The van der Waals surface area contributed by atoms with Gasteiger partial charge in [-0.1, -0.05) is 0 Å². The molecule has 0 spiro atoms. The number of imidazole rings is 1. The van der Waals surface area contributed by atoms with Gasteiger partial charge in [0.2, 0.25) is 0 Å². The smallest absolute Gasteiger partial charge is 0.343 e. The summed E-state index contributed by atoms with van der Waals surface area (Å²) >= 11 is 0. The standard InChI is InChI=1S/C24H23N5O4/c1-15-21(24(31)33-14-29-11-10-26-13-29)22(28-17-5-7-18(32-3)8-6-17)19-12-16(23(30)25-2)4-9-20(19)27-15/h4-13H,14H2,1-3H3,(H,25,30)(H,27,28). The van der Waals surface area contributed by atoms with E-state index >= 15 is 0 Å². The van der Waals surface area contributed by atoms with E-state index in [4.69, 9.17) is 9.47 Å². The molecule has 33 heavy (non-hydrogen) atoms. The van der Waals surface area contributed by atoms with E-state index in [1.54, 1.807) is 62.6 Å². The second-order valence-corrected chi connectivity index (χ2v) is 7.25. The number of anilines is 2. The van der Waals surface area contributed by atoms with Gasteiger partial charge in [0.1, 0.15) is 11.3 Å². The molecule has 1 amide bonds. The number of aryl methyl sites for hydroxylation is 1. The van der Waals surface area contributed by atoms with E-state index in [1.165, 1.54) is 0 Å². The summed E-state index contributed by atoms with van der Waals surface area (Å²) in [5, 5.41) is 6.55. The summed E-state index contributed by atoms with van der Waals surface area (Å²) in [6.45, 7) is 1.76. The number of aromatic nitrogens is 3. The summed E-state index contributed by atoms with van der Waals surface area (Å²) in [6.07, 6.45) is 4.86. The molecule has 2 heterocycles. The van der Waals surface area contributed by atoms with E-state index in [9.17, 15) is 9.59 Å². The number of hydrogen-bond acceptors (Lipinski definition) is 7. The molecule has 0 radical (unpaired) electrons. The van der Waals surface area contributed by atoms with Crippen LogP contribution < -0.4 is 15.4 Å². The maximum absolute atomic E-state index is 13.2. The van der Waals surface area contributed by atoms with Gasteiger partial charge in [0.25, 0.3) is 5.91 Å². The molecule has 0 fully saturated rings. The molecule has 0 atom stereocenters. The van der Waals surface area contributed by atoms with Crippen molar-refractivity contribution in [3.8, 4) is 5.75 Å². The highest BCUT2D eigenvalue weighted by atomic mass is 16.5. The van der Waals surface area contributed by atoms with Crippen LogP contribution in [0, 0.1) is 6.92 Å². The maximum atomic E-state index is 13.2. The van der Waals surface area contributed by atoms with Crippen LogP contribution in [0.4, 0.5) is 11.4 Å². The number of esters is 1. The Morgan fingerprint density at radius 1 is 1.12 bits per heavy atom. The number of pyridine rings is 1. The van der Waals surface area contributed by atoms with Crippen molar-refractivity contribution in [3.63, 3.8) is 0 Å². The Labute approximate surface area is 190 Å². The molecule has 0 aliphatic heterocycles. The zero-order valence-electron chi connectivity index (χ0n) is 18.5. The molecule has 4 rings (SSSR count). The van der Waals surface area contributed by atoms with Crippen molar-refractivity contribution < 1.29 is 19.1 Å². The fourth-order valence-corrected chi connectivity index (χ4v) is 3.44. The first kappa shape index (κ1) is 21.8. The second kappa shape index (κ2) is 9.39. The SMILES string of the molecule is CNC(=O)c1ccc2nc(C)c(C(=O)OCn3ccnc3)c(Nc3ccc(OC)cc3)c2c1. The average molecular weight is 445 g/mol. The highest BCUT2D eigenvalue weighted by Gasteiger charge is 2.22. The Balaban J connectivity index is 1.82. The molecular formula is C24H23N5O4. The first-order valence-electron chi connectivity index (χ1n) is 10.2. The van der Waals surface area contributed by atoms with Gasteiger partial charge >= 0.3 is 5.97 Å². The number of carbonyl (C=O) groups excluding carboxylic acids is 2. The summed E-state index contributed by atoms with van der Waals surface area (Å²) in [4.78, 5) is 33.9. The fraction of sp³-hybridized carbons (Fsp3) is 0.167. The van der Waals surface area contributed by atoms with E-state index in [0.717, 1.165) is 5.69 Å². The summed E-state index contributed by atoms with van der Waals surface area (Å²) in [5.74, 6) is -0.0766. The van der Waals surface area contributed by atoms with Crippen LogP contribution in [0.15, 0.2) is 61.2 Å². The third-order valence-electron chi connectivity index (χ3n) is 5.12. The van der Waals surface area contributed by atoms with Gasteiger partial charge in [-0.15, -0.1) is 0 Å². The normalized spacial score (nSPS) is 10.6. The lowest BCUT2D eigenvalue weighted by molar-refractivity contribution is 0.0372. The Morgan fingerprint density at radius 3 is 2.58 bits per heavy atom. The Kier molecular flexibility index (Phi) is 6.21. The third kappa shape index (κ3) is 4.62. The highest BCUT2D eigenvalue weighted by molar-refractivity contribution is 6.09. The fourth-order valence-electron chi connectivity index (χ4n) is 3.44. The minimum Gasteiger partial charge on any atom is -0.497 e. The topological polar surface area (TPSA) is 107 Å². The maximum Gasteiger partial charge on any atom is 0.343 e. The molecule has 0 aliphatic rings. The van der Waals surface area contributed by atoms with Gasteiger partial charge < -0.3 is 24.7 Å². The van der Waals surface area contributed by atoms with E-state index < -0.39 is 5.97 Å². The zero-order valence-corrected chi connectivity index (χ0v) is 18.5. The lowest BCUT2D eigenvalue weighted by Crippen LogP contribution is -2.18. The highest BCUT2D eigenvalue weighted by Crippen LogP contribution is 2.33. The van der Waals surface area contributed by atoms with Gasteiger partial charge in [0.05, 0.1) is 30.3 Å². The number of methoxy groups -OCH3 is 1. The number of amides is 1. The largest absolute Gasteiger partial charge is 0.497 e. The number of hydrogen-bond donors (Lipinski definition) is 2. The van der Waals surface area contributed by atoms with Crippen LogP contribution in [-0.4, -0.2) is 40.6 Å². The molecule has 2 N–H and O–H groups in total. The minimum atomic E-state index is -0.544. The lowest BCUT2D eigenvalue weighted by atomic mass is 10.0. The van der Waals surface area contributed by atoms with E-state index in [2.05, 4.69) is 20.6 Å². The Morgan fingerprint density at radius 2 is 1.91 bits per heavy atom. The van der Waals surface area contributed by atoms with Crippen LogP contribution in [0.5, 0.6) is 5.75 Å². The zero-order chi connectivity index (χ0) is 23.4. The summed E-state index contributed by atoms with van der Waals surface area (Å²) < 4.78 is 12.4. The molecule has 2 aromatic carbocycles. The molecule has 9 heteroatoms. The van der Waals surface area contributed by atoms with Crippen LogP contribution in [0.3, 0.4) is 0 Å². The molecule has 168 valence electrons. The Bertz CT molecular complexity index is 1300. The van der Waals surface area contributed by atoms with E-state index in [0.29, 0.717) is 33.6 Å². The molecule has 0 saturated heterocycles. The van der Waals surface area contributed by atoms with Gasteiger partial charge in [-0.2, -0.15) is 0 Å². The molecule has 9 nitrogen and oxygen atoms in total. The minimum absolute atomic E-state index is 0.0105. The third-order valence-corrected chi connectivity index (χ3v) is 5.12. The molecule has 0 saturated carbocycles. The second-order valence-electron chi connectivity index (χ2n) is 7.25. The number of ether oxygens (including phenoxy) is 2. The Hall–Kier alpha value is -4.40. The predicted molar refractivity (Wildman–Crippen MR) is 124 cm³/mol. The van der Waals surface area contributed by atoms with Crippen molar-refractivity contribution in [2.24, 2.45) is 0 Å². The number of fused-ring (bicyclic) bond motifs is 1. The van der Waals surface area contributed by atoms with Crippen molar-refractivity contribution in [3.05, 3.63) is 78.0 Å². The average Bonchev–Trinajstić information content (AvgIpc) is 3.36. The van der Waals surface area contributed by atoms with Gasteiger partial charge in [-0.3, -0.25) is 9.78 Å². The quantitative estimate of drug-likeness (QED) is 0.418. The van der Waals surface area contributed by atoms with Gasteiger partial charge in [0, 0.05) is 36.1 Å². The molecule has 0 aliphatic carbocycles. The predicted octanol–water partition coefficient (Wildman–Crippen LogP) is 3.67. The van der Waals surface area contributed by atoms with Crippen LogP contribution in [0.25, 0.3) is 10.9 Å². The first-order chi connectivity index (χ1) is 16.0. The molecule has 2 aromatic heterocycles. The van der Waals surface area contributed by atoms with Gasteiger partial charge in [-0.05, 0) is 49.4 Å². The first-order valence-corrected chi connectivity index (χ1v) is 10.2. The number of nitrogens with zero attached hydrogens (tertiary/aromatic N) is 3. The van der Waals surface area contributed by atoms with Crippen LogP contribution >= 0.6 is 0 Å². The monoisotopic (exact) mass is 445 g/mol. The van der Waals surface area contributed by atoms with Crippen molar-refractivity contribution >= 4 is 34.2 Å². The summed E-state index contributed by atoms with van der Waals surface area (Å²) in [7, 11) is 3.16.